The van der Waals surface area contributed by atoms with E-state index in [1.165, 1.54) is 16.7 Å². The number of amides is 1. The smallest absolute Gasteiger partial charge is 0.220 e. The van der Waals surface area contributed by atoms with Crippen molar-refractivity contribution in [1.82, 2.24) is 5.32 Å². The molecule has 0 saturated carbocycles. The zero-order chi connectivity index (χ0) is 11.5. The number of aryl methyl sites for hydroxylation is 2. The van der Waals surface area contributed by atoms with Crippen LogP contribution in [0.15, 0.2) is 18.2 Å². The van der Waals surface area contributed by atoms with Gasteiger partial charge in [-0.2, -0.15) is 0 Å². The highest BCUT2D eigenvalue weighted by atomic mass is 16.1. The summed E-state index contributed by atoms with van der Waals surface area (Å²) in [6, 6.07) is 6.73. The zero-order valence-electron chi connectivity index (χ0n) is 10.0. The van der Waals surface area contributed by atoms with Crippen molar-refractivity contribution in [2.45, 2.75) is 38.5 Å². The maximum absolute atomic E-state index is 11.4. The highest BCUT2D eigenvalue weighted by Gasteiger charge is 2.24. The summed E-state index contributed by atoms with van der Waals surface area (Å²) in [5, 5.41) is 2.71. The van der Waals surface area contributed by atoms with Crippen LogP contribution in [0.5, 0.6) is 0 Å². The molecule has 16 heavy (non-hydrogen) atoms. The van der Waals surface area contributed by atoms with E-state index < -0.39 is 0 Å². The van der Waals surface area contributed by atoms with Crippen LogP contribution in [-0.2, 0) is 17.6 Å². The van der Waals surface area contributed by atoms with Crippen molar-refractivity contribution in [3.05, 3.63) is 34.9 Å². The van der Waals surface area contributed by atoms with Crippen LogP contribution >= 0.6 is 0 Å². The average molecular weight is 217 g/mol. The van der Waals surface area contributed by atoms with Crippen LogP contribution in [0.1, 0.15) is 42.4 Å². The molecule has 0 radical (unpaired) electrons. The van der Waals surface area contributed by atoms with Crippen molar-refractivity contribution in [3.63, 3.8) is 0 Å². The lowest BCUT2D eigenvalue weighted by atomic mass is 9.95. The summed E-state index contributed by atoms with van der Waals surface area (Å²) in [5.74, 6) is 0.584. The van der Waals surface area contributed by atoms with Crippen molar-refractivity contribution >= 4 is 5.91 Å². The van der Waals surface area contributed by atoms with Gasteiger partial charge in [-0.3, -0.25) is 4.79 Å². The van der Waals surface area contributed by atoms with Crippen LogP contribution in [-0.4, -0.2) is 13.0 Å². The van der Waals surface area contributed by atoms with Crippen LogP contribution in [0.2, 0.25) is 0 Å². The molecule has 1 atom stereocenters. The summed E-state index contributed by atoms with van der Waals surface area (Å²) >= 11 is 0. The van der Waals surface area contributed by atoms with Crippen molar-refractivity contribution in [1.29, 1.82) is 0 Å². The third-order valence-corrected chi connectivity index (χ3v) is 3.53. The first-order valence-corrected chi connectivity index (χ1v) is 6.07. The third kappa shape index (κ3) is 2.11. The second kappa shape index (κ2) is 4.69. The number of benzene rings is 1. The topological polar surface area (TPSA) is 29.1 Å². The Morgan fingerprint density at radius 3 is 3.00 bits per heavy atom. The molecule has 2 heteroatoms. The summed E-state index contributed by atoms with van der Waals surface area (Å²) in [6.45, 7) is 2.17. The quantitative estimate of drug-likeness (QED) is 0.827. The maximum atomic E-state index is 11.4. The number of nitrogens with one attached hydrogen (secondary N) is 1. The molecular weight excluding hydrogens is 198 g/mol. The molecule has 1 aliphatic carbocycles. The minimum Gasteiger partial charge on any atom is -0.359 e. The molecule has 1 N–H and O–H groups in total. The van der Waals surface area contributed by atoms with E-state index in [0.717, 1.165) is 19.3 Å². The Labute approximate surface area is 97.1 Å². The van der Waals surface area contributed by atoms with Crippen molar-refractivity contribution in [3.8, 4) is 0 Å². The molecule has 2 nitrogen and oxygen atoms in total. The Morgan fingerprint density at radius 2 is 2.31 bits per heavy atom. The second-order valence-corrected chi connectivity index (χ2v) is 4.50. The van der Waals surface area contributed by atoms with Gasteiger partial charge in [0.05, 0.1) is 0 Å². The van der Waals surface area contributed by atoms with Crippen LogP contribution in [0, 0.1) is 0 Å². The van der Waals surface area contributed by atoms with Crippen LogP contribution in [0.25, 0.3) is 0 Å². The normalized spacial score (nSPS) is 18.2. The largest absolute Gasteiger partial charge is 0.359 e. The summed E-state index contributed by atoms with van der Waals surface area (Å²) in [4.78, 5) is 11.4. The first kappa shape index (κ1) is 11.2. The predicted octanol–water partition coefficient (Wildman–Crippen LogP) is 2.41. The lowest BCUT2D eigenvalue weighted by Crippen LogP contribution is -2.19. The molecule has 0 aromatic heterocycles. The molecule has 1 aromatic carbocycles. The third-order valence-electron chi connectivity index (χ3n) is 3.53. The van der Waals surface area contributed by atoms with Crippen LogP contribution < -0.4 is 5.32 Å². The van der Waals surface area contributed by atoms with Crippen LogP contribution in [0.4, 0.5) is 0 Å². The lowest BCUT2D eigenvalue weighted by molar-refractivity contribution is -0.121. The Hall–Kier alpha value is -1.31. The van der Waals surface area contributed by atoms with E-state index in [2.05, 4.69) is 30.4 Å². The highest BCUT2D eigenvalue weighted by Crippen LogP contribution is 2.35. The number of hydrogen-bond donors (Lipinski definition) is 1. The standard InChI is InChI=1S/C14H19NO/c1-3-10-4-5-11-6-7-12(13(11)8-10)9-14(16)15-2/h4-5,8,12H,3,6-7,9H2,1-2H3,(H,15,16). The van der Waals surface area contributed by atoms with E-state index in [0.29, 0.717) is 12.3 Å². The van der Waals surface area contributed by atoms with Crippen LogP contribution in [0.3, 0.4) is 0 Å². The minimum atomic E-state index is 0.153. The van der Waals surface area contributed by atoms with Gasteiger partial charge in [0.15, 0.2) is 0 Å². The van der Waals surface area contributed by atoms with Crippen molar-refractivity contribution < 1.29 is 4.79 Å². The summed E-state index contributed by atoms with van der Waals surface area (Å²) in [6.07, 6.45) is 3.95. The van der Waals surface area contributed by atoms with E-state index in [1.807, 2.05) is 0 Å². The fourth-order valence-electron chi connectivity index (χ4n) is 2.50. The first-order valence-electron chi connectivity index (χ1n) is 6.07. The van der Waals surface area contributed by atoms with Gasteiger partial charge in [0, 0.05) is 13.5 Å². The maximum Gasteiger partial charge on any atom is 0.220 e. The van der Waals surface area contributed by atoms with Crippen molar-refractivity contribution in [2.75, 3.05) is 7.05 Å². The van der Waals surface area contributed by atoms with Gasteiger partial charge in [-0.05, 0) is 41.9 Å². The van der Waals surface area contributed by atoms with Gasteiger partial charge in [-0.15, -0.1) is 0 Å². The first-order chi connectivity index (χ1) is 7.74. The number of fused-ring (bicyclic) bond motifs is 1. The fourth-order valence-corrected chi connectivity index (χ4v) is 2.50. The molecule has 1 aromatic rings. The van der Waals surface area contributed by atoms with E-state index >= 15 is 0 Å². The lowest BCUT2D eigenvalue weighted by Gasteiger charge is -2.11. The van der Waals surface area contributed by atoms with E-state index in [-0.39, 0.29) is 5.91 Å². The Balaban J connectivity index is 2.20. The molecule has 0 spiro atoms. The fraction of sp³-hybridized carbons (Fsp3) is 0.500. The Bertz CT molecular complexity index is 398. The van der Waals surface area contributed by atoms with Gasteiger partial charge in [0.25, 0.3) is 0 Å². The summed E-state index contributed by atoms with van der Waals surface area (Å²) < 4.78 is 0. The Kier molecular flexibility index (Phi) is 3.28. The summed E-state index contributed by atoms with van der Waals surface area (Å²) in [7, 11) is 1.71. The van der Waals surface area contributed by atoms with Gasteiger partial charge in [-0.1, -0.05) is 25.1 Å². The van der Waals surface area contributed by atoms with Gasteiger partial charge in [0.2, 0.25) is 5.91 Å². The van der Waals surface area contributed by atoms with Gasteiger partial charge in [-0.25, -0.2) is 0 Å². The Morgan fingerprint density at radius 1 is 1.50 bits per heavy atom. The number of carbonyl (C=O) groups excluding carboxylic acids is 1. The number of carbonyl (C=O) groups is 1. The molecule has 2 rings (SSSR count). The summed E-state index contributed by atoms with van der Waals surface area (Å²) in [5.41, 5.74) is 4.22. The number of rotatable bonds is 3. The molecule has 0 aliphatic heterocycles. The number of hydrogen-bond acceptors (Lipinski definition) is 1. The molecular formula is C14H19NO. The van der Waals surface area contributed by atoms with Gasteiger partial charge < -0.3 is 5.32 Å². The molecule has 0 saturated heterocycles. The van der Waals surface area contributed by atoms with Crippen molar-refractivity contribution in [2.24, 2.45) is 0 Å². The minimum absolute atomic E-state index is 0.153. The van der Waals surface area contributed by atoms with Gasteiger partial charge >= 0.3 is 0 Å². The van der Waals surface area contributed by atoms with Gasteiger partial charge in [0.1, 0.15) is 0 Å². The predicted molar refractivity (Wildman–Crippen MR) is 65.6 cm³/mol. The van der Waals surface area contributed by atoms with E-state index in [9.17, 15) is 4.79 Å². The SMILES string of the molecule is CCc1ccc2c(c1)C(CC(=O)NC)CC2. The second-order valence-electron chi connectivity index (χ2n) is 4.50. The zero-order valence-corrected chi connectivity index (χ0v) is 10.0. The molecule has 1 aliphatic rings. The monoisotopic (exact) mass is 217 g/mol. The van der Waals surface area contributed by atoms with E-state index in [1.54, 1.807) is 7.05 Å². The average Bonchev–Trinajstić information content (AvgIpc) is 2.71. The molecule has 0 bridgehead atoms. The van der Waals surface area contributed by atoms with E-state index in [4.69, 9.17) is 0 Å². The highest BCUT2D eigenvalue weighted by molar-refractivity contribution is 5.76. The molecule has 0 heterocycles. The molecule has 86 valence electrons. The molecule has 1 unspecified atom stereocenters. The molecule has 1 amide bonds. The molecule has 0 fully saturated rings.